The molecule has 2 atom stereocenters. The second kappa shape index (κ2) is 12.5. The van der Waals surface area contributed by atoms with Crippen LogP contribution in [0, 0.1) is 0 Å². The van der Waals surface area contributed by atoms with E-state index >= 15 is 0 Å². The molecule has 0 aliphatic rings. The van der Waals surface area contributed by atoms with Gasteiger partial charge in [-0.15, -0.1) is 13.2 Å². The normalized spacial score (nSPS) is 14.2. The molecule has 100 valence electrons. The molecule has 0 bridgehead atoms. The van der Waals surface area contributed by atoms with Crippen molar-refractivity contribution >= 4 is 24.1 Å². The summed E-state index contributed by atoms with van der Waals surface area (Å²) in [5.41, 5.74) is 11.7. The van der Waals surface area contributed by atoms with Gasteiger partial charge >= 0.3 is 0 Å². The summed E-state index contributed by atoms with van der Waals surface area (Å²) in [7, 11) is 0. The highest BCUT2D eigenvalue weighted by atomic mass is 32.2. The van der Waals surface area contributed by atoms with E-state index < -0.39 is 0 Å². The van der Waals surface area contributed by atoms with Gasteiger partial charge in [-0.05, 0) is 25.7 Å². The second-order valence-electron chi connectivity index (χ2n) is 3.86. The summed E-state index contributed by atoms with van der Waals surface area (Å²) in [6, 6.07) is 0.407. The van der Waals surface area contributed by atoms with Gasteiger partial charge in [0, 0.05) is 47.7 Å². The molecule has 0 saturated heterocycles. The molecule has 0 saturated carbocycles. The molecule has 0 aliphatic carbocycles. The predicted molar refractivity (Wildman–Crippen MR) is 80.8 cm³/mol. The van der Waals surface area contributed by atoms with E-state index in [9.17, 15) is 0 Å². The lowest BCUT2D eigenvalue weighted by molar-refractivity contribution is 0.648. The summed E-state index contributed by atoms with van der Waals surface area (Å²) < 4.78 is 5.36. The highest BCUT2D eigenvalue weighted by Crippen LogP contribution is 2.18. The molecule has 0 spiro atoms. The van der Waals surface area contributed by atoms with Gasteiger partial charge in [0.05, 0.1) is 0 Å². The summed E-state index contributed by atoms with van der Waals surface area (Å²) in [4.78, 5) is 0. The Morgan fingerprint density at radius 2 is 1.35 bits per heavy atom. The average Bonchev–Trinajstić information content (AvgIpc) is 2.28. The van der Waals surface area contributed by atoms with E-state index in [1.54, 1.807) is 0 Å². The monoisotopic (exact) mass is 276 g/mol. The van der Waals surface area contributed by atoms with Crippen LogP contribution in [-0.2, 0) is 3.63 Å². The van der Waals surface area contributed by atoms with Crippen LogP contribution in [0.25, 0.3) is 0 Å². The molecule has 3 nitrogen and oxygen atoms in total. The van der Waals surface area contributed by atoms with Crippen LogP contribution in [0.3, 0.4) is 0 Å². The molecular weight excluding hydrogens is 252 g/mol. The largest absolute Gasteiger partial charge is 0.327 e. The fraction of sp³-hybridized carbons (Fsp3) is 0.667. The Bertz CT molecular complexity index is 183. The van der Waals surface area contributed by atoms with Gasteiger partial charge in [0.2, 0.25) is 0 Å². The summed E-state index contributed by atoms with van der Waals surface area (Å²) in [5.74, 6) is 1.83. The molecule has 0 rings (SSSR count). The predicted octanol–water partition coefficient (Wildman–Crippen LogP) is 2.89. The lowest BCUT2D eigenvalue weighted by atomic mass is 10.2. The smallest absolute Gasteiger partial charge is 0.0225 e. The first-order valence-corrected chi connectivity index (χ1v) is 7.66. The number of hydrogen-bond acceptors (Lipinski definition) is 5. The third-order valence-electron chi connectivity index (χ3n) is 2.18. The fourth-order valence-electron chi connectivity index (χ4n) is 1.16. The van der Waals surface area contributed by atoms with Crippen molar-refractivity contribution in [2.24, 2.45) is 11.5 Å². The Hall–Kier alpha value is 0.0600. The van der Waals surface area contributed by atoms with Crippen molar-refractivity contribution in [3.8, 4) is 0 Å². The maximum absolute atomic E-state index is 5.83. The van der Waals surface area contributed by atoms with Crippen molar-refractivity contribution in [2.45, 2.75) is 37.8 Å². The van der Waals surface area contributed by atoms with Crippen LogP contribution >= 0.6 is 24.1 Å². The minimum atomic E-state index is 0.203. The Balaban J connectivity index is 3.18. The zero-order valence-electron chi connectivity index (χ0n) is 10.3. The van der Waals surface area contributed by atoms with E-state index in [1.807, 2.05) is 12.2 Å². The summed E-state index contributed by atoms with van der Waals surface area (Å²) in [6.07, 6.45) is 7.34. The van der Waals surface area contributed by atoms with Gasteiger partial charge in [-0.2, -0.15) is 0 Å². The summed E-state index contributed by atoms with van der Waals surface area (Å²) in [6.45, 7) is 7.32. The lowest BCUT2D eigenvalue weighted by Gasteiger charge is -2.09. The van der Waals surface area contributed by atoms with Gasteiger partial charge in [-0.1, -0.05) is 12.2 Å². The van der Waals surface area contributed by atoms with Crippen LogP contribution in [0.2, 0.25) is 0 Å². The van der Waals surface area contributed by atoms with Crippen LogP contribution < -0.4 is 11.5 Å². The molecule has 0 aliphatic heterocycles. The van der Waals surface area contributed by atoms with Crippen LogP contribution in [0.4, 0.5) is 0 Å². The Morgan fingerprint density at radius 1 is 0.941 bits per heavy atom. The van der Waals surface area contributed by atoms with Crippen LogP contribution in [0.15, 0.2) is 25.3 Å². The van der Waals surface area contributed by atoms with E-state index in [-0.39, 0.29) is 12.1 Å². The zero-order valence-corrected chi connectivity index (χ0v) is 12.0. The van der Waals surface area contributed by atoms with Gasteiger partial charge in [0.1, 0.15) is 0 Å². The third kappa shape index (κ3) is 12.3. The van der Waals surface area contributed by atoms with E-state index in [1.165, 1.54) is 24.1 Å². The molecule has 0 aromatic heterocycles. The molecule has 0 amide bonds. The van der Waals surface area contributed by atoms with Crippen molar-refractivity contribution in [3.63, 3.8) is 0 Å². The van der Waals surface area contributed by atoms with Crippen molar-refractivity contribution in [1.29, 1.82) is 0 Å². The molecule has 5 heteroatoms. The maximum Gasteiger partial charge on any atom is 0.0225 e. The molecule has 0 aromatic rings. The van der Waals surface area contributed by atoms with E-state index in [0.717, 1.165) is 37.2 Å². The lowest BCUT2D eigenvalue weighted by Crippen LogP contribution is -2.19. The topological polar surface area (TPSA) is 61.3 Å². The average molecular weight is 276 g/mol. The molecule has 4 N–H and O–H groups in total. The van der Waals surface area contributed by atoms with E-state index in [4.69, 9.17) is 15.1 Å². The Kier molecular flexibility index (Phi) is 12.6. The van der Waals surface area contributed by atoms with Crippen molar-refractivity contribution in [1.82, 2.24) is 0 Å². The highest BCUT2D eigenvalue weighted by molar-refractivity contribution is 8.07. The third-order valence-corrected chi connectivity index (χ3v) is 3.75. The molecule has 0 fully saturated rings. The number of rotatable bonds is 12. The van der Waals surface area contributed by atoms with E-state index in [0.29, 0.717) is 0 Å². The number of nitrogens with two attached hydrogens (primary N) is 2. The summed E-state index contributed by atoms with van der Waals surface area (Å²) in [5, 5.41) is 0. The first-order valence-electron chi connectivity index (χ1n) is 5.84. The molecule has 0 aromatic carbocycles. The Labute approximate surface area is 114 Å². The SMILES string of the molecule is C=CCC(N)CCSOSCCC(N)CC=C. The first kappa shape index (κ1) is 17.1. The van der Waals surface area contributed by atoms with Gasteiger partial charge in [-0.25, -0.2) is 3.63 Å². The second-order valence-corrected chi connectivity index (χ2v) is 5.69. The minimum absolute atomic E-state index is 0.203. The van der Waals surface area contributed by atoms with Crippen molar-refractivity contribution in [2.75, 3.05) is 11.5 Å². The van der Waals surface area contributed by atoms with Crippen LogP contribution in [-0.4, -0.2) is 23.6 Å². The minimum Gasteiger partial charge on any atom is -0.327 e. The maximum atomic E-state index is 5.83. The Morgan fingerprint density at radius 3 is 1.71 bits per heavy atom. The first-order chi connectivity index (χ1) is 8.20. The fourth-order valence-corrected chi connectivity index (χ4v) is 2.78. The van der Waals surface area contributed by atoms with Gasteiger partial charge in [0.25, 0.3) is 0 Å². The molecule has 0 radical (unpaired) electrons. The highest BCUT2D eigenvalue weighted by Gasteiger charge is 2.02. The zero-order chi connectivity index (χ0) is 12.9. The van der Waals surface area contributed by atoms with Gasteiger partial charge < -0.3 is 11.5 Å². The quantitative estimate of drug-likeness (QED) is 0.326. The standard InChI is InChI=1S/C12H24N2OS2/c1-3-5-11(13)7-9-16-15-17-10-8-12(14)6-4-2/h3-4,11-12H,1-2,5-10,13-14H2. The summed E-state index contributed by atoms with van der Waals surface area (Å²) >= 11 is 2.92. The molecule has 17 heavy (non-hydrogen) atoms. The van der Waals surface area contributed by atoms with E-state index in [2.05, 4.69) is 13.2 Å². The van der Waals surface area contributed by atoms with Gasteiger partial charge in [-0.3, -0.25) is 0 Å². The van der Waals surface area contributed by atoms with Crippen LogP contribution in [0.5, 0.6) is 0 Å². The number of hydrogen-bond donors (Lipinski definition) is 2. The molecule has 2 unspecified atom stereocenters. The van der Waals surface area contributed by atoms with Crippen molar-refractivity contribution < 1.29 is 3.63 Å². The van der Waals surface area contributed by atoms with Gasteiger partial charge in [0.15, 0.2) is 0 Å². The molecular formula is C12H24N2OS2. The van der Waals surface area contributed by atoms with Crippen LogP contribution in [0.1, 0.15) is 25.7 Å². The van der Waals surface area contributed by atoms with Crippen molar-refractivity contribution in [3.05, 3.63) is 25.3 Å². The molecule has 0 heterocycles.